The van der Waals surface area contributed by atoms with Gasteiger partial charge in [-0.05, 0) is 12.3 Å². The molecule has 18 heteroatoms. The molecule has 2 unspecified atom stereocenters. The van der Waals surface area contributed by atoms with Crippen molar-refractivity contribution < 1.29 is 89.4 Å². The second-order valence-corrected chi connectivity index (χ2v) is 12.0. The lowest BCUT2D eigenvalue weighted by Gasteiger charge is -2.51. The normalized spacial score (nSPS) is 44.2. The summed E-state index contributed by atoms with van der Waals surface area (Å²) in [6.07, 6.45) is -23.6. The average Bonchev–Trinajstić information content (AvgIpc) is 3.00. The molecule has 3 heterocycles. The number of hydrogen-bond acceptors (Lipinski definition) is 18. The van der Waals surface area contributed by atoms with Crippen molar-refractivity contribution in [3.8, 4) is 0 Å². The van der Waals surface area contributed by atoms with E-state index in [0.29, 0.717) is 18.8 Å². The zero-order chi connectivity index (χ0) is 33.6. The van der Waals surface area contributed by atoms with Crippen LogP contribution in [0.5, 0.6) is 0 Å². The molecule has 3 fully saturated rings. The average molecular weight is 661 g/mol. The first-order valence-corrected chi connectivity index (χ1v) is 15.0. The van der Waals surface area contributed by atoms with Crippen LogP contribution in [0, 0.1) is 5.92 Å². The van der Waals surface area contributed by atoms with Crippen LogP contribution in [0.3, 0.4) is 0 Å². The van der Waals surface area contributed by atoms with Crippen LogP contribution in [0.25, 0.3) is 0 Å². The van der Waals surface area contributed by atoms with Gasteiger partial charge >= 0.3 is 11.9 Å². The summed E-state index contributed by atoms with van der Waals surface area (Å²) in [6, 6.07) is 0. The van der Waals surface area contributed by atoms with Crippen molar-refractivity contribution in [3.05, 3.63) is 0 Å². The second-order valence-electron chi connectivity index (χ2n) is 12.0. The standard InChI is InChI=1S/C27H48O18/c1-11(2)6-4-3-5-7-15(31)44-27(24(38)19(35)16(32)12(8-28)43-27)45-23-14(10-30)41-26(21(37)18(23)34)42-22-13(9-29)40-25(39)20(36)17(22)33/h11-14,16-26,28-30,32-39H,3-10H2,1-2H3/t12-,13-,14-,16-,17-,18-,19+,20-,21-,22-,23-,24-,25+,26?,27?/m1/s1. The van der Waals surface area contributed by atoms with Gasteiger partial charge in [0, 0.05) is 6.42 Å². The summed E-state index contributed by atoms with van der Waals surface area (Å²) in [5.74, 6) is -3.50. The fourth-order valence-electron chi connectivity index (χ4n) is 5.42. The molecule has 15 atom stereocenters. The van der Waals surface area contributed by atoms with Crippen LogP contribution in [0.15, 0.2) is 0 Å². The van der Waals surface area contributed by atoms with Gasteiger partial charge in [-0.15, -0.1) is 0 Å². The van der Waals surface area contributed by atoms with E-state index in [4.69, 9.17) is 28.4 Å². The van der Waals surface area contributed by atoms with Crippen molar-refractivity contribution in [1.82, 2.24) is 0 Å². The van der Waals surface area contributed by atoms with E-state index in [1.807, 2.05) is 0 Å². The molecule has 264 valence electrons. The van der Waals surface area contributed by atoms with E-state index in [2.05, 4.69) is 13.8 Å². The van der Waals surface area contributed by atoms with Crippen molar-refractivity contribution in [3.63, 3.8) is 0 Å². The van der Waals surface area contributed by atoms with Crippen molar-refractivity contribution >= 4 is 5.97 Å². The Hall–Kier alpha value is -1.17. The maximum absolute atomic E-state index is 12.9. The predicted molar refractivity (Wildman–Crippen MR) is 144 cm³/mol. The molecule has 3 rings (SSSR count). The smallest absolute Gasteiger partial charge is 0.360 e. The molecule has 0 radical (unpaired) electrons. The third kappa shape index (κ3) is 8.85. The summed E-state index contributed by atoms with van der Waals surface area (Å²) in [6.45, 7) is 1.39. The van der Waals surface area contributed by atoms with E-state index >= 15 is 0 Å². The van der Waals surface area contributed by atoms with Gasteiger partial charge in [0.25, 0.3) is 0 Å². The van der Waals surface area contributed by atoms with Crippen LogP contribution in [0.4, 0.5) is 0 Å². The lowest BCUT2D eigenvalue weighted by molar-refractivity contribution is -0.473. The molecule has 0 aliphatic carbocycles. The summed E-state index contributed by atoms with van der Waals surface area (Å²) < 4.78 is 32.6. The summed E-state index contributed by atoms with van der Waals surface area (Å²) in [7, 11) is 0. The largest absolute Gasteiger partial charge is 0.405 e. The Morgan fingerprint density at radius 2 is 1.31 bits per heavy atom. The fourth-order valence-corrected chi connectivity index (χ4v) is 5.42. The Bertz CT molecular complexity index is 905. The summed E-state index contributed by atoms with van der Waals surface area (Å²) in [5.41, 5.74) is 0. The number of rotatable bonds is 14. The van der Waals surface area contributed by atoms with E-state index in [9.17, 15) is 61.0 Å². The van der Waals surface area contributed by atoms with Gasteiger partial charge in [0.05, 0.1) is 19.8 Å². The molecule has 0 saturated carbocycles. The lowest BCUT2D eigenvalue weighted by Crippen LogP contribution is -2.71. The van der Waals surface area contributed by atoms with Gasteiger partial charge in [-0.3, -0.25) is 4.79 Å². The maximum Gasteiger partial charge on any atom is 0.360 e. The minimum absolute atomic E-state index is 0.189. The van der Waals surface area contributed by atoms with Gasteiger partial charge in [-0.25, -0.2) is 0 Å². The quantitative estimate of drug-likeness (QED) is 0.0472. The van der Waals surface area contributed by atoms with E-state index in [-0.39, 0.29) is 6.42 Å². The lowest BCUT2D eigenvalue weighted by atomic mass is 9.95. The van der Waals surface area contributed by atoms with Crippen LogP contribution in [-0.4, -0.2) is 174 Å². The highest BCUT2D eigenvalue weighted by molar-refractivity contribution is 5.69. The third-order valence-electron chi connectivity index (χ3n) is 8.08. The maximum atomic E-state index is 12.9. The SMILES string of the molecule is CC(C)CCCCCC(=O)OC1(O[C@H]2[C@H](O)[C@@H](O)C(O[C@H]3[C@H](O)[C@@H](O)[C@@H](O)O[C@@H]3CO)O[C@@H]2CO)O[C@H](CO)[C@@H](O)[C@H](O)[C@H]1O. The topological polar surface area (TPSA) is 295 Å². The molecular weight excluding hydrogens is 612 g/mol. The van der Waals surface area contributed by atoms with Crippen molar-refractivity contribution in [2.45, 2.75) is 138 Å². The van der Waals surface area contributed by atoms with Crippen LogP contribution in [0.1, 0.15) is 46.0 Å². The highest BCUT2D eigenvalue weighted by Gasteiger charge is 2.61. The van der Waals surface area contributed by atoms with Crippen molar-refractivity contribution in [2.24, 2.45) is 5.92 Å². The monoisotopic (exact) mass is 660 g/mol. The highest BCUT2D eigenvalue weighted by atomic mass is 16.9. The number of esters is 1. The Morgan fingerprint density at radius 1 is 0.711 bits per heavy atom. The van der Waals surface area contributed by atoms with E-state index < -0.39 is 118 Å². The summed E-state index contributed by atoms with van der Waals surface area (Å²) in [4.78, 5) is 12.9. The summed E-state index contributed by atoms with van der Waals surface area (Å²) in [5, 5.41) is 113. The molecule has 0 amide bonds. The molecule has 3 aliphatic rings. The minimum atomic E-state index is -2.98. The number of carbonyl (C=O) groups is 1. The van der Waals surface area contributed by atoms with Crippen molar-refractivity contribution in [1.29, 1.82) is 0 Å². The van der Waals surface area contributed by atoms with E-state index in [1.165, 1.54) is 0 Å². The molecule has 0 aromatic carbocycles. The number of aliphatic hydroxyl groups is 11. The number of hydrogen-bond donors (Lipinski definition) is 11. The van der Waals surface area contributed by atoms with Crippen molar-refractivity contribution in [2.75, 3.05) is 19.8 Å². The second kappa shape index (κ2) is 16.8. The summed E-state index contributed by atoms with van der Waals surface area (Å²) >= 11 is 0. The molecule has 3 saturated heterocycles. The first-order chi connectivity index (χ1) is 21.2. The highest BCUT2D eigenvalue weighted by Crippen LogP contribution is 2.38. The number of unbranched alkanes of at least 4 members (excludes halogenated alkanes) is 2. The molecule has 18 nitrogen and oxygen atoms in total. The minimum Gasteiger partial charge on any atom is -0.405 e. The zero-order valence-electron chi connectivity index (χ0n) is 25.1. The molecule has 0 aromatic heterocycles. The van der Waals surface area contributed by atoms with Crippen LogP contribution in [-0.2, 0) is 33.2 Å². The van der Waals surface area contributed by atoms with Gasteiger partial charge in [0.15, 0.2) is 18.7 Å². The van der Waals surface area contributed by atoms with Gasteiger partial charge in [-0.1, -0.05) is 33.1 Å². The molecule has 11 N–H and O–H groups in total. The Balaban J connectivity index is 1.82. The molecule has 0 bridgehead atoms. The Kier molecular flexibility index (Phi) is 14.3. The Labute approximate surface area is 259 Å². The molecule has 0 spiro atoms. The molecular formula is C27H48O18. The van der Waals surface area contributed by atoms with Gasteiger partial charge in [0.1, 0.15) is 67.1 Å². The first kappa shape index (κ1) is 38.3. The van der Waals surface area contributed by atoms with Crippen LogP contribution < -0.4 is 0 Å². The fraction of sp³-hybridized carbons (Fsp3) is 0.963. The number of aliphatic hydroxyl groups excluding tert-OH is 11. The van der Waals surface area contributed by atoms with Crippen LogP contribution in [0.2, 0.25) is 0 Å². The van der Waals surface area contributed by atoms with Gasteiger partial charge in [-0.2, -0.15) is 0 Å². The zero-order valence-corrected chi connectivity index (χ0v) is 25.1. The predicted octanol–water partition coefficient (Wildman–Crippen LogP) is -5.10. The van der Waals surface area contributed by atoms with E-state index in [1.54, 1.807) is 0 Å². The number of ether oxygens (including phenoxy) is 6. The van der Waals surface area contributed by atoms with Gasteiger partial charge in [0.2, 0.25) is 0 Å². The first-order valence-electron chi connectivity index (χ1n) is 15.0. The molecule has 3 aliphatic heterocycles. The molecule has 45 heavy (non-hydrogen) atoms. The van der Waals surface area contributed by atoms with E-state index in [0.717, 1.165) is 12.8 Å². The van der Waals surface area contributed by atoms with Gasteiger partial charge < -0.3 is 84.6 Å². The third-order valence-corrected chi connectivity index (χ3v) is 8.08. The van der Waals surface area contributed by atoms with Crippen LogP contribution >= 0.6 is 0 Å². The number of carbonyl (C=O) groups excluding carboxylic acids is 1. The molecule has 0 aromatic rings. The Morgan fingerprint density at radius 3 is 1.91 bits per heavy atom.